The van der Waals surface area contributed by atoms with E-state index in [1.807, 2.05) is 0 Å². The van der Waals surface area contributed by atoms with Gasteiger partial charge in [0.25, 0.3) is 0 Å². The summed E-state index contributed by atoms with van der Waals surface area (Å²) in [6, 6.07) is 0.145. The fourth-order valence-corrected chi connectivity index (χ4v) is 2.97. The Kier molecular flexibility index (Phi) is 6.97. The van der Waals surface area contributed by atoms with Crippen LogP contribution in [0.3, 0.4) is 0 Å². The molecule has 3 N–H and O–H groups in total. The Morgan fingerprint density at radius 3 is 2.50 bits per heavy atom. The van der Waals surface area contributed by atoms with E-state index in [0.717, 1.165) is 19.4 Å². The largest absolute Gasteiger partial charge is 0.368 e. The molecule has 0 aromatic heterocycles. The molecular weight excluding hydrogens is 252 g/mol. The minimum Gasteiger partial charge on any atom is -0.368 e. The van der Waals surface area contributed by atoms with E-state index in [-0.39, 0.29) is 30.5 Å². The molecule has 1 saturated heterocycles. The summed E-state index contributed by atoms with van der Waals surface area (Å²) in [5.41, 5.74) is 5.80. The van der Waals surface area contributed by atoms with Crippen LogP contribution in [0.4, 0.5) is 0 Å². The standard InChI is InChI=1S/C13H24N2O2.ClH/c14-9-11(10-5-2-1-3-6-10)15-13(16)12-7-4-8-17-12;/h10-12H,1-9,14H2,(H,15,16);1H/t11?,12-;/m0./s1. The topological polar surface area (TPSA) is 64.3 Å². The normalized spacial score (nSPS) is 26.4. The summed E-state index contributed by atoms with van der Waals surface area (Å²) in [7, 11) is 0. The Balaban J connectivity index is 0.00000162. The lowest BCUT2D eigenvalue weighted by Gasteiger charge is -2.30. The molecule has 0 aromatic rings. The second-order valence-electron chi connectivity index (χ2n) is 5.25. The molecule has 1 aliphatic carbocycles. The van der Waals surface area contributed by atoms with E-state index in [1.54, 1.807) is 0 Å². The van der Waals surface area contributed by atoms with Crippen LogP contribution in [0, 0.1) is 5.92 Å². The molecule has 2 atom stereocenters. The Morgan fingerprint density at radius 1 is 1.22 bits per heavy atom. The van der Waals surface area contributed by atoms with E-state index < -0.39 is 0 Å². The molecule has 1 saturated carbocycles. The van der Waals surface area contributed by atoms with Gasteiger partial charge < -0.3 is 15.8 Å². The van der Waals surface area contributed by atoms with E-state index in [4.69, 9.17) is 10.5 Å². The van der Waals surface area contributed by atoms with E-state index in [2.05, 4.69) is 5.32 Å². The SMILES string of the molecule is Cl.NCC(NC(=O)[C@@H]1CCCO1)C1CCCCC1. The summed E-state index contributed by atoms with van der Waals surface area (Å²) >= 11 is 0. The molecule has 106 valence electrons. The third-order valence-corrected chi connectivity index (χ3v) is 4.02. The van der Waals surface area contributed by atoms with Gasteiger partial charge in [0.2, 0.25) is 5.91 Å². The number of halogens is 1. The van der Waals surface area contributed by atoms with Crippen molar-refractivity contribution in [3.8, 4) is 0 Å². The van der Waals surface area contributed by atoms with Gasteiger partial charge in [-0.1, -0.05) is 19.3 Å². The predicted octanol–water partition coefficient (Wildman–Crippen LogP) is 1.61. The zero-order valence-electron chi connectivity index (χ0n) is 10.9. The molecule has 5 heteroatoms. The van der Waals surface area contributed by atoms with Gasteiger partial charge in [-0.3, -0.25) is 4.79 Å². The van der Waals surface area contributed by atoms with E-state index in [1.165, 1.54) is 32.1 Å². The lowest BCUT2D eigenvalue weighted by molar-refractivity contribution is -0.131. The molecule has 0 aromatic carbocycles. The first-order chi connectivity index (χ1) is 8.31. The Bertz CT molecular complexity index is 251. The molecule has 2 fully saturated rings. The average molecular weight is 277 g/mol. The Labute approximate surface area is 115 Å². The molecule has 1 heterocycles. The van der Waals surface area contributed by atoms with Crippen molar-refractivity contribution in [3.63, 3.8) is 0 Å². The van der Waals surface area contributed by atoms with Crippen molar-refractivity contribution >= 4 is 18.3 Å². The molecule has 18 heavy (non-hydrogen) atoms. The number of amides is 1. The maximum atomic E-state index is 12.0. The first kappa shape index (κ1) is 15.7. The summed E-state index contributed by atoms with van der Waals surface area (Å²) in [5.74, 6) is 0.614. The highest BCUT2D eigenvalue weighted by molar-refractivity contribution is 5.85. The number of carbonyl (C=O) groups excluding carboxylic acids is 1. The zero-order valence-corrected chi connectivity index (χ0v) is 11.7. The monoisotopic (exact) mass is 276 g/mol. The number of hydrogen-bond donors (Lipinski definition) is 2. The highest BCUT2D eigenvalue weighted by Crippen LogP contribution is 2.26. The summed E-state index contributed by atoms with van der Waals surface area (Å²) in [6.07, 6.45) is 7.90. The first-order valence-corrected chi connectivity index (χ1v) is 6.93. The molecule has 2 rings (SSSR count). The van der Waals surface area contributed by atoms with Crippen molar-refractivity contribution in [1.29, 1.82) is 0 Å². The van der Waals surface area contributed by atoms with Crippen molar-refractivity contribution in [2.24, 2.45) is 11.7 Å². The lowest BCUT2D eigenvalue weighted by atomic mass is 9.84. The van der Waals surface area contributed by atoms with Gasteiger partial charge >= 0.3 is 0 Å². The Hall–Kier alpha value is -0.320. The second-order valence-corrected chi connectivity index (χ2v) is 5.25. The van der Waals surface area contributed by atoms with Gasteiger partial charge in [0, 0.05) is 19.2 Å². The molecule has 4 nitrogen and oxygen atoms in total. The minimum atomic E-state index is -0.229. The number of hydrogen-bond acceptors (Lipinski definition) is 3. The average Bonchev–Trinajstić information content (AvgIpc) is 2.90. The van der Waals surface area contributed by atoms with Gasteiger partial charge in [0.15, 0.2) is 0 Å². The quantitative estimate of drug-likeness (QED) is 0.820. The van der Waals surface area contributed by atoms with Crippen LogP contribution < -0.4 is 11.1 Å². The van der Waals surface area contributed by atoms with Crippen LogP contribution >= 0.6 is 12.4 Å². The highest BCUT2D eigenvalue weighted by atomic mass is 35.5. The number of nitrogens with two attached hydrogens (primary N) is 1. The van der Waals surface area contributed by atoms with Gasteiger partial charge in [0.05, 0.1) is 0 Å². The smallest absolute Gasteiger partial charge is 0.249 e. The maximum absolute atomic E-state index is 12.0. The molecular formula is C13H25ClN2O2. The number of carbonyl (C=O) groups is 1. The van der Waals surface area contributed by atoms with Crippen LogP contribution in [0.2, 0.25) is 0 Å². The van der Waals surface area contributed by atoms with Crippen LogP contribution in [-0.2, 0) is 9.53 Å². The third kappa shape index (κ3) is 4.11. The van der Waals surface area contributed by atoms with Crippen molar-refractivity contribution < 1.29 is 9.53 Å². The van der Waals surface area contributed by atoms with E-state index in [0.29, 0.717) is 12.5 Å². The molecule has 1 aliphatic heterocycles. The fourth-order valence-electron chi connectivity index (χ4n) is 2.97. The maximum Gasteiger partial charge on any atom is 0.249 e. The second kappa shape index (κ2) is 7.97. The summed E-state index contributed by atoms with van der Waals surface area (Å²) in [6.45, 7) is 1.26. The minimum absolute atomic E-state index is 0. The fraction of sp³-hybridized carbons (Fsp3) is 0.923. The van der Waals surface area contributed by atoms with Crippen LogP contribution in [-0.4, -0.2) is 31.2 Å². The molecule has 0 bridgehead atoms. The molecule has 0 radical (unpaired) electrons. The predicted molar refractivity (Wildman–Crippen MR) is 73.8 cm³/mol. The van der Waals surface area contributed by atoms with Crippen LogP contribution in [0.5, 0.6) is 0 Å². The van der Waals surface area contributed by atoms with Crippen molar-refractivity contribution in [3.05, 3.63) is 0 Å². The molecule has 1 unspecified atom stereocenters. The highest BCUT2D eigenvalue weighted by Gasteiger charge is 2.29. The van der Waals surface area contributed by atoms with Crippen LogP contribution in [0.15, 0.2) is 0 Å². The summed E-state index contributed by atoms with van der Waals surface area (Å²) in [4.78, 5) is 12.0. The number of nitrogens with one attached hydrogen (secondary N) is 1. The van der Waals surface area contributed by atoms with Crippen LogP contribution in [0.1, 0.15) is 44.9 Å². The zero-order chi connectivity index (χ0) is 12.1. The van der Waals surface area contributed by atoms with Gasteiger partial charge in [-0.15, -0.1) is 12.4 Å². The van der Waals surface area contributed by atoms with Gasteiger partial charge in [0.1, 0.15) is 6.10 Å². The first-order valence-electron chi connectivity index (χ1n) is 6.93. The third-order valence-electron chi connectivity index (χ3n) is 4.02. The van der Waals surface area contributed by atoms with Gasteiger partial charge in [-0.05, 0) is 31.6 Å². The number of ether oxygens (including phenoxy) is 1. The van der Waals surface area contributed by atoms with Crippen LogP contribution in [0.25, 0.3) is 0 Å². The summed E-state index contributed by atoms with van der Waals surface area (Å²) < 4.78 is 5.39. The Morgan fingerprint density at radius 2 is 1.94 bits per heavy atom. The van der Waals surface area contributed by atoms with E-state index in [9.17, 15) is 4.79 Å². The molecule has 1 amide bonds. The van der Waals surface area contributed by atoms with Crippen molar-refractivity contribution in [1.82, 2.24) is 5.32 Å². The van der Waals surface area contributed by atoms with E-state index >= 15 is 0 Å². The van der Waals surface area contributed by atoms with Crippen molar-refractivity contribution in [2.75, 3.05) is 13.2 Å². The molecule has 2 aliphatic rings. The number of rotatable bonds is 4. The van der Waals surface area contributed by atoms with Gasteiger partial charge in [-0.2, -0.15) is 0 Å². The lowest BCUT2D eigenvalue weighted by Crippen LogP contribution is -2.49. The molecule has 0 spiro atoms. The summed E-state index contributed by atoms with van der Waals surface area (Å²) in [5, 5.41) is 3.09. The van der Waals surface area contributed by atoms with Crippen molar-refractivity contribution in [2.45, 2.75) is 57.1 Å². The van der Waals surface area contributed by atoms with Gasteiger partial charge in [-0.25, -0.2) is 0 Å².